The van der Waals surface area contributed by atoms with Gasteiger partial charge in [0.15, 0.2) is 0 Å². The van der Waals surface area contributed by atoms with Crippen LogP contribution in [0.3, 0.4) is 0 Å². The Balaban J connectivity index is -0.0000000133. The normalized spacial score (nSPS) is 7.25. The minimum absolute atomic E-state index is 0. The Morgan fingerprint density at radius 2 is 1.12 bits per heavy atom. The van der Waals surface area contributed by atoms with Crippen molar-refractivity contribution in [1.29, 1.82) is 0 Å². The fourth-order valence-corrected chi connectivity index (χ4v) is 0. The molecule has 3 N–H and O–H groups in total. The number of hydrogen-bond donors (Lipinski definition) is 2. The van der Waals surface area contributed by atoms with Crippen molar-refractivity contribution in [3.63, 3.8) is 0 Å². The molecule has 0 aliphatic carbocycles. The third kappa shape index (κ3) is 62.1. The first kappa shape index (κ1) is 22.5. The maximum Gasteiger partial charge on any atom is 1.00 e. The maximum absolute atomic E-state index is 8.74. The first-order valence-corrected chi connectivity index (χ1v) is 2.10. The van der Waals surface area contributed by atoms with E-state index in [-0.39, 0.29) is 110 Å². The van der Waals surface area contributed by atoms with Gasteiger partial charge in [0.1, 0.15) is 0 Å². The van der Waals surface area contributed by atoms with Crippen LogP contribution >= 0.6 is 0 Å². The summed E-state index contributed by atoms with van der Waals surface area (Å²) in [4.78, 5) is 0. The van der Waals surface area contributed by atoms with Crippen molar-refractivity contribution in [2.45, 2.75) is 0 Å². The molecule has 0 aliphatic heterocycles. The van der Waals surface area contributed by atoms with Crippen LogP contribution in [0.5, 0.6) is 0 Å². The molecule has 42 valence electrons. The van der Waals surface area contributed by atoms with Gasteiger partial charge in [0, 0.05) is 0 Å². The van der Waals surface area contributed by atoms with Crippen LogP contribution in [0.1, 0.15) is 1.43 Å². The van der Waals surface area contributed by atoms with Crippen molar-refractivity contribution in [3.05, 3.63) is 0 Å². The molecule has 0 amide bonds. The van der Waals surface area contributed by atoms with Crippen molar-refractivity contribution in [1.82, 2.24) is 0 Å². The molecule has 0 saturated carbocycles. The minimum atomic E-state index is -4.67. The summed E-state index contributed by atoms with van der Waals surface area (Å²) in [5, 5.41) is 0. The van der Waals surface area contributed by atoms with E-state index in [0.717, 1.165) is 0 Å². The second kappa shape index (κ2) is 10.1. The van der Waals surface area contributed by atoms with Gasteiger partial charge in [-0.3, -0.25) is 9.11 Å². The zero-order valence-corrected chi connectivity index (χ0v) is 11.6. The Kier molecular flexibility index (Phi) is 28.4. The third-order valence-corrected chi connectivity index (χ3v) is 0. The standard InChI is InChI=1S/2K.H2O4S.H2O.H/c;;1-5(2,3)4;;/h;;(H2,1,2,3,4);1H2;/q2*+1;;;-1/p-1. The monoisotopic (exact) mass is 194 g/mol. The van der Waals surface area contributed by atoms with Crippen LogP contribution in [0, 0.1) is 0 Å². The first-order valence-electron chi connectivity index (χ1n) is 0.698. The van der Waals surface area contributed by atoms with Crippen LogP contribution in [-0.2, 0) is 10.4 Å². The number of hydrogen-bond acceptors (Lipinski definition) is 3. The van der Waals surface area contributed by atoms with Gasteiger partial charge in [-0.05, 0) is 0 Å². The second-order valence-electron chi connectivity index (χ2n) is 0.448. The minimum Gasteiger partial charge on any atom is -1.00 e. The van der Waals surface area contributed by atoms with Crippen molar-refractivity contribution in [3.8, 4) is 0 Å². The van der Waals surface area contributed by atoms with E-state index in [1.165, 1.54) is 0 Å². The van der Waals surface area contributed by atoms with E-state index >= 15 is 0 Å². The topological polar surface area (TPSA) is 105 Å². The summed E-state index contributed by atoms with van der Waals surface area (Å²) in [5.41, 5.74) is 0. The number of rotatable bonds is 0. The molecule has 0 aromatic heterocycles. The van der Waals surface area contributed by atoms with Crippen molar-refractivity contribution < 1.29 is 127 Å². The molecule has 0 fully saturated rings. The molecule has 0 atom stereocenters. The largest absolute Gasteiger partial charge is 1.00 e. The first-order chi connectivity index (χ1) is 2.00. The summed E-state index contributed by atoms with van der Waals surface area (Å²) < 4.78 is 31.6. The molecule has 0 aliphatic rings. The molecule has 8 heteroatoms. The van der Waals surface area contributed by atoms with E-state index in [4.69, 9.17) is 17.5 Å². The zero-order valence-electron chi connectivity index (χ0n) is 5.57. The summed E-state index contributed by atoms with van der Waals surface area (Å²) in [7, 11) is -4.67. The summed E-state index contributed by atoms with van der Waals surface area (Å²) in [6, 6.07) is 0. The van der Waals surface area contributed by atoms with Gasteiger partial charge < -0.3 is 6.90 Å². The molecule has 0 saturated heterocycles. The Labute approximate surface area is 134 Å². The van der Waals surface area contributed by atoms with E-state index in [0.29, 0.717) is 0 Å². The third-order valence-electron chi connectivity index (χ3n) is 0. The van der Waals surface area contributed by atoms with Gasteiger partial charge in [0.25, 0.3) is 0 Å². The Morgan fingerprint density at radius 3 is 1.12 bits per heavy atom. The van der Waals surface area contributed by atoms with Crippen LogP contribution in [0.15, 0.2) is 0 Å². The predicted octanol–water partition coefficient (Wildman–Crippen LogP) is -6.71. The van der Waals surface area contributed by atoms with E-state index in [9.17, 15) is 0 Å². The summed E-state index contributed by atoms with van der Waals surface area (Å²) in [6.07, 6.45) is 0. The predicted molar refractivity (Wildman–Crippen MR) is 17.2 cm³/mol. The molecule has 0 aromatic rings. The average Bonchev–Trinajstić information content (AvgIpc) is 0.722. The van der Waals surface area contributed by atoms with Crippen molar-refractivity contribution in [2.24, 2.45) is 0 Å². The Morgan fingerprint density at radius 1 is 1.12 bits per heavy atom. The Bertz CT molecular complexity index is 98.1. The van der Waals surface area contributed by atoms with Gasteiger partial charge in [0.2, 0.25) is 0 Å². The van der Waals surface area contributed by atoms with Crippen molar-refractivity contribution in [2.75, 3.05) is 0 Å². The van der Waals surface area contributed by atoms with Gasteiger partial charge >= 0.3 is 113 Å². The molecule has 0 heterocycles. The molecular weight excluding hydrogens is 190 g/mol. The summed E-state index contributed by atoms with van der Waals surface area (Å²) in [5.74, 6) is 0. The average molecular weight is 194 g/mol. The SMILES string of the molecule is O=S(=O)(O)O.[H-].[K+].[K+].[OH-]. The van der Waals surface area contributed by atoms with Crippen LogP contribution in [0.25, 0.3) is 0 Å². The van der Waals surface area contributed by atoms with Gasteiger partial charge in [-0.2, -0.15) is 8.42 Å². The summed E-state index contributed by atoms with van der Waals surface area (Å²) >= 11 is 0. The molecule has 5 nitrogen and oxygen atoms in total. The van der Waals surface area contributed by atoms with E-state index in [1.54, 1.807) is 0 Å². The maximum atomic E-state index is 8.74. The Hall–Kier alpha value is 3.10. The van der Waals surface area contributed by atoms with Gasteiger partial charge in [-0.1, -0.05) is 0 Å². The van der Waals surface area contributed by atoms with Crippen LogP contribution in [0.4, 0.5) is 0 Å². The molecular formula is H4K2O5S. The molecule has 0 spiro atoms. The quantitative estimate of drug-likeness (QED) is 0.295. The molecule has 0 aromatic carbocycles. The van der Waals surface area contributed by atoms with Gasteiger partial charge in [-0.25, -0.2) is 0 Å². The molecule has 0 rings (SSSR count). The van der Waals surface area contributed by atoms with E-state index in [2.05, 4.69) is 0 Å². The molecule has 0 radical (unpaired) electrons. The van der Waals surface area contributed by atoms with Gasteiger partial charge in [0.05, 0.1) is 0 Å². The van der Waals surface area contributed by atoms with Crippen molar-refractivity contribution >= 4 is 10.4 Å². The fourth-order valence-electron chi connectivity index (χ4n) is 0. The van der Waals surface area contributed by atoms with E-state index < -0.39 is 10.4 Å². The second-order valence-corrected chi connectivity index (χ2v) is 1.34. The van der Waals surface area contributed by atoms with Crippen LogP contribution in [0.2, 0.25) is 0 Å². The zero-order chi connectivity index (χ0) is 4.50. The fraction of sp³-hybridized carbons (Fsp3) is 0. The van der Waals surface area contributed by atoms with Crippen LogP contribution < -0.4 is 103 Å². The molecule has 0 unspecified atom stereocenters. The molecule has 8 heavy (non-hydrogen) atoms. The summed E-state index contributed by atoms with van der Waals surface area (Å²) in [6.45, 7) is 0. The van der Waals surface area contributed by atoms with E-state index in [1.807, 2.05) is 0 Å². The van der Waals surface area contributed by atoms with Crippen LogP contribution in [-0.4, -0.2) is 23.0 Å². The molecule has 0 bridgehead atoms. The van der Waals surface area contributed by atoms with Gasteiger partial charge in [-0.15, -0.1) is 0 Å². The smallest absolute Gasteiger partial charge is 1.00 e.